The molecular weight excluding hydrogens is 321 g/mol. The van der Waals surface area contributed by atoms with Crippen molar-refractivity contribution >= 4 is 15.7 Å². The lowest BCUT2D eigenvalue weighted by Crippen LogP contribution is -2.28. The molecule has 0 amide bonds. The fraction of sp³-hybridized carbons (Fsp3) is 0.231. The summed E-state index contributed by atoms with van der Waals surface area (Å²) in [6.07, 6.45) is 7.41. The molecule has 1 aromatic rings. The fourth-order valence-corrected chi connectivity index (χ4v) is 2.19. The molecule has 0 atom stereocenters. The minimum Gasteiger partial charge on any atom is -0.355 e. The van der Waals surface area contributed by atoms with Gasteiger partial charge in [-0.3, -0.25) is 0 Å². The highest BCUT2D eigenvalue weighted by atomic mass is 32.2. The van der Waals surface area contributed by atoms with Crippen LogP contribution < -0.4 is 4.18 Å². The van der Waals surface area contributed by atoms with E-state index in [1.165, 1.54) is 6.07 Å². The molecule has 1 aromatic heterocycles. The van der Waals surface area contributed by atoms with Crippen molar-refractivity contribution in [3.05, 3.63) is 41.6 Å². The van der Waals surface area contributed by atoms with Gasteiger partial charge in [-0.1, -0.05) is 18.2 Å². The molecule has 9 heteroatoms. The van der Waals surface area contributed by atoms with Crippen molar-refractivity contribution in [3.63, 3.8) is 0 Å². The summed E-state index contributed by atoms with van der Waals surface area (Å²) in [6, 6.07) is 3.02. The van der Waals surface area contributed by atoms with Crippen LogP contribution >= 0.6 is 0 Å². The fourth-order valence-electron chi connectivity index (χ4n) is 1.75. The Kier molecular flexibility index (Phi) is 4.23. The second-order valence-electron chi connectivity index (χ2n) is 4.31. The summed E-state index contributed by atoms with van der Waals surface area (Å²) in [5.74, 6) is -0.714. The summed E-state index contributed by atoms with van der Waals surface area (Å²) in [5.41, 5.74) is -5.02. The average molecular weight is 330 g/mol. The zero-order valence-corrected chi connectivity index (χ0v) is 11.8. The molecule has 1 heterocycles. The summed E-state index contributed by atoms with van der Waals surface area (Å²) in [6.45, 7) is 0. The van der Waals surface area contributed by atoms with E-state index in [9.17, 15) is 21.6 Å². The molecule has 1 aliphatic rings. The van der Waals surface area contributed by atoms with Gasteiger partial charge in [0.15, 0.2) is 0 Å². The van der Waals surface area contributed by atoms with Gasteiger partial charge in [0, 0.05) is 11.8 Å². The van der Waals surface area contributed by atoms with Gasteiger partial charge in [0.2, 0.25) is 5.88 Å². The van der Waals surface area contributed by atoms with Crippen molar-refractivity contribution in [1.29, 1.82) is 5.26 Å². The summed E-state index contributed by atoms with van der Waals surface area (Å²) in [5, 5.41) is 8.85. The lowest BCUT2D eigenvalue weighted by Gasteiger charge is -2.14. The third kappa shape index (κ3) is 3.28. The first kappa shape index (κ1) is 16.0. The predicted octanol–water partition coefficient (Wildman–Crippen LogP) is 2.92. The second-order valence-corrected chi connectivity index (χ2v) is 5.85. The van der Waals surface area contributed by atoms with Crippen LogP contribution in [-0.2, 0) is 10.1 Å². The highest BCUT2D eigenvalue weighted by molar-refractivity contribution is 7.87. The normalized spacial score (nSPS) is 15.1. The molecule has 0 aromatic carbocycles. The van der Waals surface area contributed by atoms with Crippen LogP contribution in [0.3, 0.4) is 0 Å². The van der Waals surface area contributed by atoms with Crippen molar-refractivity contribution in [2.45, 2.75) is 18.3 Å². The zero-order valence-electron chi connectivity index (χ0n) is 11.0. The molecule has 116 valence electrons. The van der Waals surface area contributed by atoms with Crippen LogP contribution in [0.15, 0.2) is 30.5 Å². The molecule has 0 saturated carbocycles. The predicted molar refractivity (Wildman–Crippen MR) is 70.9 cm³/mol. The maximum absolute atomic E-state index is 12.4. The summed E-state index contributed by atoms with van der Waals surface area (Å²) >= 11 is 0. The van der Waals surface area contributed by atoms with E-state index in [0.29, 0.717) is 12.0 Å². The first-order valence-corrected chi connectivity index (χ1v) is 7.43. The monoisotopic (exact) mass is 330 g/mol. The Balaban J connectivity index is 2.51. The zero-order chi connectivity index (χ0) is 16.4. The first-order chi connectivity index (χ1) is 10.2. The largest absolute Gasteiger partial charge is 0.534 e. The summed E-state index contributed by atoms with van der Waals surface area (Å²) < 4.78 is 63.6. The Morgan fingerprint density at radius 2 is 2.05 bits per heavy atom. The summed E-state index contributed by atoms with van der Waals surface area (Å²) in [4.78, 5) is 3.52. The lowest BCUT2D eigenvalue weighted by molar-refractivity contribution is -0.0501. The van der Waals surface area contributed by atoms with Gasteiger partial charge < -0.3 is 4.18 Å². The number of halogens is 3. The maximum atomic E-state index is 12.4. The van der Waals surface area contributed by atoms with Gasteiger partial charge in [-0.25, -0.2) is 4.98 Å². The standard InChI is InChI=1S/C13H9F3N2O3S/c14-13(15,16)22(19,20)21-12-11(6-9(7-17)8-18-12)10-4-2-1-3-5-10/h2,4-6,8H,1,3H2. The van der Waals surface area contributed by atoms with E-state index in [0.717, 1.165) is 12.6 Å². The highest BCUT2D eigenvalue weighted by Gasteiger charge is 2.49. The molecule has 0 spiro atoms. The van der Waals surface area contributed by atoms with Crippen LogP contribution in [0.1, 0.15) is 24.0 Å². The van der Waals surface area contributed by atoms with E-state index < -0.39 is 21.5 Å². The summed E-state index contributed by atoms with van der Waals surface area (Å²) in [7, 11) is -5.83. The van der Waals surface area contributed by atoms with Crippen molar-refractivity contribution in [3.8, 4) is 11.9 Å². The van der Waals surface area contributed by atoms with Gasteiger partial charge >= 0.3 is 15.6 Å². The van der Waals surface area contributed by atoms with E-state index in [4.69, 9.17) is 5.26 Å². The van der Waals surface area contributed by atoms with Gasteiger partial charge in [-0.2, -0.15) is 26.9 Å². The SMILES string of the molecule is N#Cc1cnc(OS(=O)(=O)C(F)(F)F)c(C2=CCCC=C2)c1. The third-order valence-corrected chi connectivity index (χ3v) is 3.70. The smallest absolute Gasteiger partial charge is 0.355 e. The van der Waals surface area contributed by atoms with Gasteiger partial charge in [0.1, 0.15) is 6.07 Å². The van der Waals surface area contributed by atoms with Crippen LogP contribution in [0.25, 0.3) is 5.57 Å². The number of allylic oxidation sites excluding steroid dienone is 4. The Bertz CT molecular complexity index is 790. The van der Waals surface area contributed by atoms with Gasteiger partial charge in [0.25, 0.3) is 0 Å². The molecule has 5 nitrogen and oxygen atoms in total. The van der Waals surface area contributed by atoms with Crippen molar-refractivity contribution in [2.24, 2.45) is 0 Å². The topological polar surface area (TPSA) is 80.0 Å². The molecule has 0 fully saturated rings. The van der Waals surface area contributed by atoms with E-state index >= 15 is 0 Å². The van der Waals surface area contributed by atoms with Gasteiger partial charge in [-0.15, -0.1) is 0 Å². The van der Waals surface area contributed by atoms with Crippen molar-refractivity contribution in [1.82, 2.24) is 4.98 Å². The first-order valence-electron chi connectivity index (χ1n) is 6.02. The van der Waals surface area contributed by atoms with E-state index in [1.54, 1.807) is 24.3 Å². The molecule has 22 heavy (non-hydrogen) atoms. The number of alkyl halides is 3. The van der Waals surface area contributed by atoms with Crippen LogP contribution in [0.5, 0.6) is 5.88 Å². The molecule has 0 saturated heterocycles. The Labute approximate surface area is 124 Å². The minimum absolute atomic E-state index is 0.0165. The number of hydrogen-bond donors (Lipinski definition) is 0. The minimum atomic E-state index is -5.83. The molecule has 0 aliphatic heterocycles. The van der Waals surface area contributed by atoms with Crippen molar-refractivity contribution < 1.29 is 25.8 Å². The number of hydrogen-bond acceptors (Lipinski definition) is 5. The molecule has 0 bridgehead atoms. The Hall–Kier alpha value is -2.34. The van der Waals surface area contributed by atoms with Crippen LogP contribution in [-0.4, -0.2) is 18.9 Å². The molecule has 0 unspecified atom stereocenters. The maximum Gasteiger partial charge on any atom is 0.534 e. The second kappa shape index (κ2) is 5.81. The number of rotatable bonds is 3. The van der Waals surface area contributed by atoms with Crippen LogP contribution in [0.4, 0.5) is 13.2 Å². The molecular formula is C13H9F3N2O3S. The van der Waals surface area contributed by atoms with Crippen molar-refractivity contribution in [2.75, 3.05) is 0 Å². The average Bonchev–Trinajstić information content (AvgIpc) is 2.47. The molecule has 2 rings (SSSR count). The number of nitrogens with zero attached hydrogens (tertiary/aromatic N) is 2. The molecule has 0 N–H and O–H groups in total. The van der Waals surface area contributed by atoms with Gasteiger partial charge in [0.05, 0.1) is 5.56 Å². The molecule has 0 radical (unpaired) electrons. The number of pyridine rings is 1. The van der Waals surface area contributed by atoms with E-state index in [1.807, 2.05) is 0 Å². The number of nitriles is 1. The van der Waals surface area contributed by atoms with E-state index in [-0.39, 0.29) is 11.1 Å². The van der Waals surface area contributed by atoms with Gasteiger partial charge in [-0.05, 0) is 24.5 Å². The van der Waals surface area contributed by atoms with E-state index in [2.05, 4.69) is 9.17 Å². The van der Waals surface area contributed by atoms with Crippen LogP contribution in [0, 0.1) is 11.3 Å². The number of aromatic nitrogens is 1. The van der Waals surface area contributed by atoms with Crippen LogP contribution in [0.2, 0.25) is 0 Å². The Morgan fingerprint density at radius 3 is 2.59 bits per heavy atom. The quantitative estimate of drug-likeness (QED) is 0.629. The highest BCUT2D eigenvalue weighted by Crippen LogP contribution is 2.32. The Morgan fingerprint density at radius 1 is 1.32 bits per heavy atom. The molecule has 1 aliphatic carbocycles. The third-order valence-electron chi connectivity index (χ3n) is 2.76. The lowest BCUT2D eigenvalue weighted by atomic mass is 10.00.